The highest BCUT2D eigenvalue weighted by atomic mass is 16.5. The van der Waals surface area contributed by atoms with Gasteiger partial charge in [0.15, 0.2) is 0 Å². The summed E-state index contributed by atoms with van der Waals surface area (Å²) in [6.07, 6.45) is 4.88. The molecule has 0 bridgehead atoms. The molecule has 2 fully saturated rings. The van der Waals surface area contributed by atoms with Gasteiger partial charge in [0.2, 0.25) is 0 Å². The van der Waals surface area contributed by atoms with Gasteiger partial charge < -0.3 is 10.1 Å². The standard InChI is InChI=1S/C23H25N5O2/c1-14-11-24-28-20(14)10-23(12-30-13-23)17-4-3-5-18(9-17)26-22(29)19-8-15(2)25-21(27-19)16-6-7-16/h3-5,8-9,11,16H,6-7,10,12-13H2,1-2H3,(H,24,28)(H,26,29). The summed E-state index contributed by atoms with van der Waals surface area (Å²) in [5, 5.41) is 10.3. The number of ether oxygens (including phenoxy) is 1. The van der Waals surface area contributed by atoms with E-state index in [0.29, 0.717) is 24.8 Å². The lowest BCUT2D eigenvalue weighted by Crippen LogP contribution is -2.48. The summed E-state index contributed by atoms with van der Waals surface area (Å²) < 4.78 is 5.59. The summed E-state index contributed by atoms with van der Waals surface area (Å²) in [5.74, 6) is 0.987. The Hall–Kier alpha value is -3.06. The first-order valence-electron chi connectivity index (χ1n) is 10.4. The number of H-pyrrole nitrogens is 1. The highest BCUT2D eigenvalue weighted by Crippen LogP contribution is 2.38. The SMILES string of the molecule is Cc1cc(C(=O)Nc2cccc(C3(Cc4[nH]ncc4C)COC3)c2)nc(C2CC2)n1. The van der Waals surface area contributed by atoms with Crippen LogP contribution in [0, 0.1) is 13.8 Å². The second-order valence-corrected chi connectivity index (χ2v) is 8.54. The van der Waals surface area contributed by atoms with Crippen LogP contribution in [-0.4, -0.2) is 39.3 Å². The topological polar surface area (TPSA) is 92.8 Å². The first-order chi connectivity index (χ1) is 14.5. The van der Waals surface area contributed by atoms with Crippen molar-refractivity contribution in [3.63, 3.8) is 0 Å². The number of carbonyl (C=O) groups excluding carboxylic acids is 1. The van der Waals surface area contributed by atoms with Gasteiger partial charge in [-0.15, -0.1) is 0 Å². The Balaban J connectivity index is 1.37. The lowest BCUT2D eigenvalue weighted by molar-refractivity contribution is -0.0604. The number of aryl methyl sites for hydroxylation is 2. The number of nitrogens with one attached hydrogen (secondary N) is 2. The number of hydrogen-bond donors (Lipinski definition) is 2. The first kappa shape index (κ1) is 18.9. The fourth-order valence-electron chi connectivity index (χ4n) is 3.96. The predicted octanol–water partition coefficient (Wildman–Crippen LogP) is 3.46. The Kier molecular flexibility index (Phi) is 4.62. The van der Waals surface area contributed by atoms with Gasteiger partial charge in [-0.1, -0.05) is 12.1 Å². The molecule has 1 aromatic carbocycles. The van der Waals surface area contributed by atoms with Crippen LogP contribution < -0.4 is 5.32 Å². The maximum atomic E-state index is 12.9. The molecule has 1 amide bonds. The predicted molar refractivity (Wildman–Crippen MR) is 113 cm³/mol. The molecule has 7 heteroatoms. The van der Waals surface area contributed by atoms with Gasteiger partial charge in [0.1, 0.15) is 11.5 Å². The normalized spacial score (nSPS) is 17.4. The average Bonchev–Trinajstić information content (AvgIpc) is 3.47. The van der Waals surface area contributed by atoms with Gasteiger partial charge >= 0.3 is 0 Å². The number of nitrogens with zero attached hydrogens (tertiary/aromatic N) is 3. The summed E-state index contributed by atoms with van der Waals surface area (Å²) in [4.78, 5) is 21.8. The van der Waals surface area contributed by atoms with E-state index in [-0.39, 0.29) is 11.3 Å². The van der Waals surface area contributed by atoms with Crippen LogP contribution in [0.3, 0.4) is 0 Å². The Morgan fingerprint density at radius 1 is 1.23 bits per heavy atom. The molecule has 0 atom stereocenters. The minimum Gasteiger partial charge on any atom is -0.379 e. The fraction of sp³-hybridized carbons (Fsp3) is 0.391. The van der Waals surface area contributed by atoms with Gasteiger partial charge in [-0.05, 0) is 56.0 Å². The van der Waals surface area contributed by atoms with Gasteiger partial charge in [-0.3, -0.25) is 9.89 Å². The number of anilines is 1. The third kappa shape index (κ3) is 3.61. The van der Waals surface area contributed by atoms with Crippen LogP contribution in [0.1, 0.15) is 57.6 Å². The summed E-state index contributed by atoms with van der Waals surface area (Å²) >= 11 is 0. The molecule has 154 valence electrons. The van der Waals surface area contributed by atoms with Gasteiger partial charge in [-0.2, -0.15) is 5.10 Å². The van der Waals surface area contributed by atoms with Crippen LogP contribution in [0.5, 0.6) is 0 Å². The molecule has 2 aliphatic rings. The molecule has 1 saturated carbocycles. The summed E-state index contributed by atoms with van der Waals surface area (Å²) in [7, 11) is 0. The number of rotatable bonds is 6. The monoisotopic (exact) mass is 403 g/mol. The molecular weight excluding hydrogens is 378 g/mol. The number of aromatic nitrogens is 4. The molecule has 7 nitrogen and oxygen atoms in total. The molecule has 0 unspecified atom stereocenters. The van der Waals surface area contributed by atoms with Crippen molar-refractivity contribution in [2.45, 2.75) is 44.4 Å². The highest BCUT2D eigenvalue weighted by molar-refractivity contribution is 6.03. The Morgan fingerprint density at radius 3 is 2.73 bits per heavy atom. The minimum absolute atomic E-state index is 0.108. The molecule has 0 spiro atoms. The van der Waals surface area contributed by atoms with Crippen LogP contribution in [0.15, 0.2) is 36.5 Å². The second kappa shape index (κ2) is 7.32. The lowest BCUT2D eigenvalue weighted by atomic mass is 9.74. The van der Waals surface area contributed by atoms with Crippen molar-refractivity contribution in [3.05, 3.63) is 70.6 Å². The lowest BCUT2D eigenvalue weighted by Gasteiger charge is -2.42. The number of carbonyl (C=O) groups is 1. The highest BCUT2D eigenvalue weighted by Gasteiger charge is 2.41. The van der Waals surface area contributed by atoms with Crippen molar-refractivity contribution in [3.8, 4) is 0 Å². The van der Waals surface area contributed by atoms with Crippen molar-refractivity contribution in [2.24, 2.45) is 0 Å². The molecule has 0 radical (unpaired) electrons. The van der Waals surface area contributed by atoms with Crippen LogP contribution in [-0.2, 0) is 16.6 Å². The van der Waals surface area contributed by atoms with E-state index in [0.717, 1.165) is 53.3 Å². The zero-order chi connectivity index (χ0) is 20.7. The van der Waals surface area contributed by atoms with Gasteiger partial charge in [0.25, 0.3) is 5.91 Å². The molecule has 30 heavy (non-hydrogen) atoms. The molecule has 2 N–H and O–H groups in total. The first-order valence-corrected chi connectivity index (χ1v) is 10.4. The van der Waals surface area contributed by atoms with Crippen LogP contribution in [0.25, 0.3) is 0 Å². The quantitative estimate of drug-likeness (QED) is 0.658. The molecule has 1 saturated heterocycles. The third-order valence-corrected chi connectivity index (χ3v) is 5.99. The van der Waals surface area contributed by atoms with E-state index in [2.05, 4.69) is 38.5 Å². The Morgan fingerprint density at radius 2 is 2.07 bits per heavy atom. The van der Waals surface area contributed by atoms with Crippen LogP contribution in [0.2, 0.25) is 0 Å². The third-order valence-electron chi connectivity index (χ3n) is 5.99. The molecular formula is C23H25N5O2. The maximum Gasteiger partial charge on any atom is 0.274 e. The van der Waals surface area contributed by atoms with Gasteiger partial charge in [0, 0.05) is 34.8 Å². The van der Waals surface area contributed by atoms with E-state index >= 15 is 0 Å². The maximum absolute atomic E-state index is 12.9. The van der Waals surface area contributed by atoms with E-state index in [1.54, 1.807) is 6.07 Å². The van der Waals surface area contributed by atoms with E-state index in [4.69, 9.17) is 4.74 Å². The van der Waals surface area contributed by atoms with E-state index < -0.39 is 0 Å². The Labute approximate surface area is 175 Å². The number of aromatic amines is 1. The summed E-state index contributed by atoms with van der Waals surface area (Å²) in [6, 6.07) is 9.77. The largest absolute Gasteiger partial charge is 0.379 e. The molecule has 1 aliphatic carbocycles. The number of hydrogen-bond acceptors (Lipinski definition) is 5. The van der Waals surface area contributed by atoms with E-state index in [9.17, 15) is 4.79 Å². The Bertz CT molecular complexity index is 1100. The van der Waals surface area contributed by atoms with Crippen LogP contribution in [0.4, 0.5) is 5.69 Å². The van der Waals surface area contributed by atoms with Crippen molar-refractivity contribution >= 4 is 11.6 Å². The molecule has 5 rings (SSSR count). The average molecular weight is 403 g/mol. The van der Waals surface area contributed by atoms with Crippen molar-refractivity contribution in [2.75, 3.05) is 18.5 Å². The zero-order valence-corrected chi connectivity index (χ0v) is 17.2. The smallest absolute Gasteiger partial charge is 0.274 e. The molecule has 2 aromatic heterocycles. The van der Waals surface area contributed by atoms with Crippen molar-refractivity contribution in [1.29, 1.82) is 0 Å². The molecule has 3 heterocycles. The number of amides is 1. The zero-order valence-electron chi connectivity index (χ0n) is 17.2. The van der Waals surface area contributed by atoms with E-state index in [1.807, 2.05) is 31.3 Å². The van der Waals surface area contributed by atoms with Crippen molar-refractivity contribution < 1.29 is 9.53 Å². The van der Waals surface area contributed by atoms with Crippen molar-refractivity contribution in [1.82, 2.24) is 20.2 Å². The van der Waals surface area contributed by atoms with Gasteiger partial charge in [0.05, 0.1) is 19.4 Å². The van der Waals surface area contributed by atoms with Gasteiger partial charge in [-0.25, -0.2) is 9.97 Å². The summed E-state index contributed by atoms with van der Waals surface area (Å²) in [5.41, 5.74) is 5.32. The fourth-order valence-corrected chi connectivity index (χ4v) is 3.96. The van der Waals surface area contributed by atoms with E-state index in [1.165, 1.54) is 0 Å². The number of benzene rings is 1. The minimum atomic E-state index is -0.206. The summed E-state index contributed by atoms with van der Waals surface area (Å²) in [6.45, 7) is 5.27. The second-order valence-electron chi connectivity index (χ2n) is 8.54. The molecule has 1 aliphatic heterocycles. The molecule has 3 aromatic rings. The van der Waals surface area contributed by atoms with Crippen LogP contribution >= 0.6 is 0 Å².